The van der Waals surface area contributed by atoms with Crippen LogP contribution in [0.3, 0.4) is 0 Å². The summed E-state index contributed by atoms with van der Waals surface area (Å²) in [4.78, 5) is 0. The van der Waals surface area contributed by atoms with Crippen molar-refractivity contribution in [2.75, 3.05) is 0 Å². The largest absolute Gasteiger partial charge is 0.310 e. The SMILES string of the molecule is C[C@]1(CC#N)CC[C@H](NCc2ccccc2F)CC1. The Bertz CT molecular complexity index is 456. The molecule has 2 nitrogen and oxygen atoms in total. The number of nitrogens with one attached hydrogen (secondary N) is 1. The molecule has 0 unspecified atom stereocenters. The van der Waals surface area contributed by atoms with Crippen molar-refractivity contribution >= 4 is 0 Å². The maximum Gasteiger partial charge on any atom is 0.127 e. The van der Waals surface area contributed by atoms with Gasteiger partial charge in [-0.25, -0.2) is 4.39 Å². The fourth-order valence-corrected chi connectivity index (χ4v) is 2.78. The number of benzene rings is 1. The molecular weight excluding hydrogens is 239 g/mol. The van der Waals surface area contributed by atoms with Gasteiger partial charge in [0.05, 0.1) is 6.07 Å². The molecule has 1 aliphatic rings. The molecule has 0 amide bonds. The van der Waals surface area contributed by atoms with Crippen LogP contribution in [-0.2, 0) is 6.54 Å². The Kier molecular flexibility index (Phi) is 4.55. The first-order valence-electron chi connectivity index (χ1n) is 6.97. The van der Waals surface area contributed by atoms with Gasteiger partial charge in [0.1, 0.15) is 5.82 Å². The molecule has 2 rings (SSSR count). The average molecular weight is 260 g/mol. The molecule has 1 aliphatic carbocycles. The van der Waals surface area contributed by atoms with Crippen LogP contribution in [0.5, 0.6) is 0 Å². The van der Waals surface area contributed by atoms with Crippen LogP contribution in [0.2, 0.25) is 0 Å². The molecule has 0 bridgehead atoms. The molecule has 1 aromatic carbocycles. The molecule has 0 saturated heterocycles. The fraction of sp³-hybridized carbons (Fsp3) is 0.562. The molecule has 0 aromatic heterocycles. The topological polar surface area (TPSA) is 35.8 Å². The molecule has 1 saturated carbocycles. The molecule has 102 valence electrons. The van der Waals surface area contributed by atoms with Gasteiger partial charge in [0.25, 0.3) is 0 Å². The van der Waals surface area contributed by atoms with Crippen LogP contribution in [0, 0.1) is 22.6 Å². The number of nitrogens with zero attached hydrogens (tertiary/aromatic N) is 1. The molecule has 1 N–H and O–H groups in total. The second kappa shape index (κ2) is 6.16. The van der Waals surface area contributed by atoms with Crippen LogP contribution in [-0.4, -0.2) is 6.04 Å². The van der Waals surface area contributed by atoms with Gasteiger partial charge in [-0.1, -0.05) is 25.1 Å². The van der Waals surface area contributed by atoms with Gasteiger partial charge in [-0.2, -0.15) is 5.26 Å². The van der Waals surface area contributed by atoms with E-state index in [0.717, 1.165) is 31.2 Å². The predicted octanol–water partition coefficient (Wildman–Crippen LogP) is 3.78. The van der Waals surface area contributed by atoms with Gasteiger partial charge in [-0.15, -0.1) is 0 Å². The van der Waals surface area contributed by atoms with E-state index in [1.54, 1.807) is 6.07 Å². The summed E-state index contributed by atoms with van der Waals surface area (Å²) < 4.78 is 13.5. The zero-order valence-corrected chi connectivity index (χ0v) is 11.5. The summed E-state index contributed by atoms with van der Waals surface area (Å²) in [7, 11) is 0. The third-order valence-corrected chi connectivity index (χ3v) is 4.24. The normalized spacial score (nSPS) is 26.9. The summed E-state index contributed by atoms with van der Waals surface area (Å²) in [5.74, 6) is -0.139. The molecule has 1 fully saturated rings. The van der Waals surface area contributed by atoms with E-state index in [9.17, 15) is 4.39 Å². The lowest BCUT2D eigenvalue weighted by atomic mass is 9.72. The number of halogens is 1. The molecule has 0 heterocycles. The van der Waals surface area contributed by atoms with Crippen molar-refractivity contribution in [2.45, 2.75) is 51.6 Å². The summed E-state index contributed by atoms with van der Waals surface area (Å²) in [6, 6.07) is 9.65. The van der Waals surface area contributed by atoms with Gasteiger partial charge >= 0.3 is 0 Å². The quantitative estimate of drug-likeness (QED) is 0.894. The van der Waals surface area contributed by atoms with Crippen LogP contribution in [0.4, 0.5) is 4.39 Å². The summed E-state index contributed by atoms with van der Waals surface area (Å²) in [5, 5.41) is 12.3. The summed E-state index contributed by atoms with van der Waals surface area (Å²) in [6.45, 7) is 2.79. The highest BCUT2D eigenvalue weighted by atomic mass is 19.1. The summed E-state index contributed by atoms with van der Waals surface area (Å²) in [6.07, 6.45) is 4.96. The number of nitriles is 1. The van der Waals surface area contributed by atoms with Gasteiger partial charge in [-0.3, -0.25) is 0 Å². The number of rotatable bonds is 4. The molecule has 0 aliphatic heterocycles. The lowest BCUT2D eigenvalue weighted by Crippen LogP contribution is -2.36. The smallest absolute Gasteiger partial charge is 0.127 e. The Morgan fingerprint density at radius 3 is 2.68 bits per heavy atom. The maximum atomic E-state index is 13.5. The third kappa shape index (κ3) is 3.78. The molecule has 3 heteroatoms. The van der Waals surface area contributed by atoms with Crippen LogP contribution < -0.4 is 5.32 Å². The zero-order valence-electron chi connectivity index (χ0n) is 11.5. The van der Waals surface area contributed by atoms with Crippen molar-refractivity contribution in [1.29, 1.82) is 5.26 Å². The van der Waals surface area contributed by atoms with Crippen molar-refractivity contribution in [3.63, 3.8) is 0 Å². The van der Waals surface area contributed by atoms with Crippen molar-refractivity contribution in [2.24, 2.45) is 5.41 Å². The van der Waals surface area contributed by atoms with Gasteiger partial charge in [0.15, 0.2) is 0 Å². The van der Waals surface area contributed by atoms with Crippen molar-refractivity contribution in [1.82, 2.24) is 5.32 Å². The van der Waals surface area contributed by atoms with Crippen LogP contribution >= 0.6 is 0 Å². The van der Waals surface area contributed by atoms with Crippen molar-refractivity contribution in [3.8, 4) is 6.07 Å². The van der Waals surface area contributed by atoms with Crippen LogP contribution in [0.15, 0.2) is 24.3 Å². The van der Waals surface area contributed by atoms with E-state index in [1.807, 2.05) is 12.1 Å². The highest BCUT2D eigenvalue weighted by molar-refractivity contribution is 5.17. The van der Waals surface area contributed by atoms with Crippen molar-refractivity contribution in [3.05, 3.63) is 35.6 Å². The molecular formula is C16H21FN2. The molecule has 0 radical (unpaired) electrons. The molecule has 0 atom stereocenters. The Balaban J connectivity index is 1.81. The minimum atomic E-state index is -0.139. The Morgan fingerprint density at radius 2 is 2.05 bits per heavy atom. The minimum absolute atomic E-state index is 0.139. The summed E-state index contributed by atoms with van der Waals surface area (Å²) >= 11 is 0. The monoisotopic (exact) mass is 260 g/mol. The van der Waals surface area contributed by atoms with Crippen LogP contribution in [0.1, 0.15) is 44.6 Å². The van der Waals surface area contributed by atoms with E-state index in [0.29, 0.717) is 19.0 Å². The first-order chi connectivity index (χ1) is 9.13. The van der Waals surface area contributed by atoms with Gasteiger partial charge < -0.3 is 5.32 Å². The van der Waals surface area contributed by atoms with E-state index in [2.05, 4.69) is 18.3 Å². The minimum Gasteiger partial charge on any atom is -0.310 e. The van der Waals surface area contributed by atoms with E-state index in [4.69, 9.17) is 5.26 Å². The first-order valence-corrected chi connectivity index (χ1v) is 6.97. The molecule has 1 aromatic rings. The van der Waals surface area contributed by atoms with E-state index < -0.39 is 0 Å². The number of hydrogen-bond donors (Lipinski definition) is 1. The second-order valence-corrected chi connectivity index (χ2v) is 5.89. The van der Waals surface area contributed by atoms with Crippen molar-refractivity contribution < 1.29 is 4.39 Å². The Morgan fingerprint density at radius 1 is 1.37 bits per heavy atom. The van der Waals surface area contributed by atoms with Gasteiger partial charge in [0.2, 0.25) is 0 Å². The van der Waals surface area contributed by atoms with E-state index in [1.165, 1.54) is 6.07 Å². The predicted molar refractivity (Wildman–Crippen MR) is 73.8 cm³/mol. The van der Waals surface area contributed by atoms with Crippen LogP contribution in [0.25, 0.3) is 0 Å². The standard InChI is InChI=1S/C16H21FN2/c1-16(10-11-18)8-6-14(7-9-16)19-12-13-4-2-3-5-15(13)17/h2-5,14,19H,6-10,12H2,1H3/t14-,16-. The zero-order chi connectivity index (χ0) is 13.7. The highest BCUT2D eigenvalue weighted by Crippen LogP contribution is 2.38. The first kappa shape index (κ1) is 14.0. The highest BCUT2D eigenvalue weighted by Gasteiger charge is 2.30. The van der Waals surface area contributed by atoms with Gasteiger partial charge in [0, 0.05) is 24.6 Å². The second-order valence-electron chi connectivity index (χ2n) is 5.89. The number of hydrogen-bond acceptors (Lipinski definition) is 2. The Hall–Kier alpha value is -1.40. The van der Waals surface area contributed by atoms with Gasteiger partial charge in [-0.05, 0) is 37.2 Å². The Labute approximate surface area is 114 Å². The van der Waals surface area contributed by atoms with E-state index in [-0.39, 0.29) is 11.2 Å². The van der Waals surface area contributed by atoms with E-state index >= 15 is 0 Å². The lowest BCUT2D eigenvalue weighted by Gasteiger charge is -2.36. The lowest BCUT2D eigenvalue weighted by molar-refractivity contribution is 0.188. The maximum absolute atomic E-state index is 13.5. The molecule has 19 heavy (non-hydrogen) atoms. The third-order valence-electron chi connectivity index (χ3n) is 4.24. The fourth-order valence-electron chi connectivity index (χ4n) is 2.78. The molecule has 0 spiro atoms. The average Bonchev–Trinajstić information content (AvgIpc) is 2.40. The summed E-state index contributed by atoms with van der Waals surface area (Å²) in [5.41, 5.74) is 0.915.